The second-order valence-corrected chi connectivity index (χ2v) is 6.44. The van der Waals surface area contributed by atoms with E-state index in [0.29, 0.717) is 18.0 Å². The number of nitrogens with two attached hydrogens (primary N) is 1. The molecule has 7 heteroatoms. The molecule has 7 nitrogen and oxygen atoms in total. The SMILES string of the molecule is NC(=O)c1ccc(-c2cccc(N3CCC(CNC(=O)O)CC3)n2)cc1. The van der Waals surface area contributed by atoms with Gasteiger partial charge < -0.3 is 21.1 Å². The van der Waals surface area contributed by atoms with Crippen molar-refractivity contribution >= 4 is 17.8 Å². The molecule has 2 amide bonds. The standard InChI is InChI=1S/C19H22N4O3/c20-18(24)15-6-4-14(5-7-15)16-2-1-3-17(22-16)23-10-8-13(9-11-23)12-21-19(25)26/h1-7,13,21H,8-12H2,(H2,20,24)(H,25,26). The Morgan fingerprint density at radius 1 is 1.15 bits per heavy atom. The normalized spacial score (nSPS) is 14.8. The minimum absolute atomic E-state index is 0.367. The van der Waals surface area contributed by atoms with E-state index in [1.807, 2.05) is 30.3 Å². The van der Waals surface area contributed by atoms with Gasteiger partial charge in [-0.2, -0.15) is 0 Å². The number of piperidine rings is 1. The Morgan fingerprint density at radius 2 is 1.85 bits per heavy atom. The van der Waals surface area contributed by atoms with Crippen molar-refractivity contribution in [2.75, 3.05) is 24.5 Å². The van der Waals surface area contributed by atoms with Gasteiger partial charge in [-0.1, -0.05) is 18.2 Å². The van der Waals surface area contributed by atoms with Crippen LogP contribution in [0.5, 0.6) is 0 Å². The minimum atomic E-state index is -0.968. The number of nitrogens with zero attached hydrogens (tertiary/aromatic N) is 2. The fourth-order valence-corrected chi connectivity index (χ4v) is 3.16. The van der Waals surface area contributed by atoms with Gasteiger partial charge in [-0.05, 0) is 43.0 Å². The first-order chi connectivity index (χ1) is 12.5. The van der Waals surface area contributed by atoms with Crippen LogP contribution in [0.4, 0.5) is 10.6 Å². The van der Waals surface area contributed by atoms with Crippen molar-refractivity contribution in [2.45, 2.75) is 12.8 Å². The molecule has 0 aliphatic carbocycles. The largest absolute Gasteiger partial charge is 0.465 e. The van der Waals surface area contributed by atoms with E-state index in [0.717, 1.165) is 43.0 Å². The van der Waals surface area contributed by atoms with E-state index in [9.17, 15) is 9.59 Å². The molecule has 0 bridgehead atoms. The van der Waals surface area contributed by atoms with Crippen LogP contribution in [0.1, 0.15) is 23.2 Å². The van der Waals surface area contributed by atoms with Crippen LogP contribution < -0.4 is 16.0 Å². The number of aromatic nitrogens is 1. The van der Waals surface area contributed by atoms with E-state index in [4.69, 9.17) is 15.8 Å². The van der Waals surface area contributed by atoms with Gasteiger partial charge in [-0.3, -0.25) is 4.79 Å². The van der Waals surface area contributed by atoms with E-state index in [2.05, 4.69) is 10.2 Å². The van der Waals surface area contributed by atoms with Crippen molar-refractivity contribution in [2.24, 2.45) is 11.7 Å². The summed E-state index contributed by atoms with van der Waals surface area (Å²) in [6, 6.07) is 13.0. The van der Waals surface area contributed by atoms with Crippen LogP contribution in [0.25, 0.3) is 11.3 Å². The molecule has 2 heterocycles. The third-order valence-corrected chi connectivity index (χ3v) is 4.68. The highest BCUT2D eigenvalue weighted by Gasteiger charge is 2.20. The van der Waals surface area contributed by atoms with Crippen LogP contribution in [0.2, 0.25) is 0 Å². The molecule has 2 aromatic rings. The third-order valence-electron chi connectivity index (χ3n) is 4.68. The van der Waals surface area contributed by atoms with Crippen LogP contribution in [-0.2, 0) is 0 Å². The Morgan fingerprint density at radius 3 is 2.46 bits per heavy atom. The average molecular weight is 354 g/mol. The molecule has 26 heavy (non-hydrogen) atoms. The number of rotatable bonds is 5. The number of carbonyl (C=O) groups is 2. The summed E-state index contributed by atoms with van der Waals surface area (Å²) in [5.41, 5.74) is 7.52. The molecule has 136 valence electrons. The number of nitrogens with one attached hydrogen (secondary N) is 1. The first-order valence-corrected chi connectivity index (χ1v) is 8.62. The zero-order valence-corrected chi connectivity index (χ0v) is 14.4. The molecule has 0 spiro atoms. The maximum Gasteiger partial charge on any atom is 0.404 e. The molecule has 1 aromatic carbocycles. The first-order valence-electron chi connectivity index (χ1n) is 8.62. The van der Waals surface area contributed by atoms with Gasteiger partial charge in [0.2, 0.25) is 5.91 Å². The second kappa shape index (κ2) is 7.86. The van der Waals surface area contributed by atoms with E-state index >= 15 is 0 Å². The Bertz CT molecular complexity index is 784. The summed E-state index contributed by atoms with van der Waals surface area (Å²) >= 11 is 0. The Kier molecular flexibility index (Phi) is 5.36. The molecule has 0 radical (unpaired) electrons. The van der Waals surface area contributed by atoms with Gasteiger partial charge >= 0.3 is 6.09 Å². The number of hydrogen-bond donors (Lipinski definition) is 3. The Hall–Kier alpha value is -3.09. The molecule has 1 aliphatic rings. The molecule has 0 atom stereocenters. The lowest BCUT2D eigenvalue weighted by Crippen LogP contribution is -2.38. The number of anilines is 1. The predicted octanol–water partition coefficient (Wildman–Crippen LogP) is 2.33. The molecule has 1 aromatic heterocycles. The molecular formula is C19H22N4O3. The van der Waals surface area contributed by atoms with Crippen molar-refractivity contribution in [3.63, 3.8) is 0 Å². The molecule has 3 rings (SSSR count). The summed E-state index contributed by atoms with van der Waals surface area (Å²) in [5, 5.41) is 11.2. The van der Waals surface area contributed by atoms with Gasteiger partial charge in [-0.15, -0.1) is 0 Å². The van der Waals surface area contributed by atoms with Crippen molar-refractivity contribution in [3.8, 4) is 11.3 Å². The van der Waals surface area contributed by atoms with Crippen LogP contribution >= 0.6 is 0 Å². The smallest absolute Gasteiger partial charge is 0.404 e. The lowest BCUT2D eigenvalue weighted by molar-refractivity contribution is 0.1000. The van der Waals surface area contributed by atoms with Crippen LogP contribution in [0.15, 0.2) is 42.5 Å². The number of amides is 2. The highest BCUT2D eigenvalue weighted by atomic mass is 16.4. The lowest BCUT2D eigenvalue weighted by atomic mass is 9.97. The summed E-state index contributed by atoms with van der Waals surface area (Å²) in [6.07, 6.45) is 0.892. The van der Waals surface area contributed by atoms with Gasteiger partial charge in [0.25, 0.3) is 0 Å². The zero-order valence-electron chi connectivity index (χ0n) is 14.4. The molecule has 4 N–H and O–H groups in total. The Labute approximate surface area is 151 Å². The summed E-state index contributed by atoms with van der Waals surface area (Å²) in [6.45, 7) is 2.20. The predicted molar refractivity (Wildman–Crippen MR) is 99.2 cm³/mol. The summed E-state index contributed by atoms with van der Waals surface area (Å²) in [5.74, 6) is 0.830. The lowest BCUT2D eigenvalue weighted by Gasteiger charge is -2.32. The van der Waals surface area contributed by atoms with Crippen molar-refractivity contribution in [1.82, 2.24) is 10.3 Å². The van der Waals surface area contributed by atoms with Gasteiger partial charge in [-0.25, -0.2) is 9.78 Å². The maximum atomic E-state index is 11.2. The topological polar surface area (TPSA) is 109 Å². The Balaban J connectivity index is 1.66. The highest BCUT2D eigenvalue weighted by Crippen LogP contribution is 2.25. The summed E-state index contributed by atoms with van der Waals surface area (Å²) in [7, 11) is 0. The van der Waals surface area contributed by atoms with E-state index in [-0.39, 0.29) is 0 Å². The summed E-state index contributed by atoms with van der Waals surface area (Å²) < 4.78 is 0. The van der Waals surface area contributed by atoms with Gasteiger partial charge in [0.15, 0.2) is 0 Å². The van der Waals surface area contributed by atoms with E-state index in [1.165, 1.54) is 0 Å². The third kappa shape index (κ3) is 4.30. The molecule has 0 unspecified atom stereocenters. The van der Waals surface area contributed by atoms with Crippen molar-refractivity contribution < 1.29 is 14.7 Å². The number of primary amides is 1. The van der Waals surface area contributed by atoms with E-state index in [1.54, 1.807) is 12.1 Å². The van der Waals surface area contributed by atoms with Crippen LogP contribution in [0, 0.1) is 5.92 Å². The number of pyridine rings is 1. The minimum Gasteiger partial charge on any atom is -0.465 e. The number of carboxylic acid groups (broad SMARTS) is 1. The zero-order chi connectivity index (χ0) is 18.5. The van der Waals surface area contributed by atoms with E-state index < -0.39 is 12.0 Å². The van der Waals surface area contributed by atoms with Gasteiger partial charge in [0.1, 0.15) is 5.82 Å². The molecule has 0 saturated carbocycles. The van der Waals surface area contributed by atoms with Crippen LogP contribution in [-0.4, -0.2) is 41.7 Å². The van der Waals surface area contributed by atoms with Gasteiger partial charge in [0, 0.05) is 30.8 Å². The molecule has 1 saturated heterocycles. The average Bonchev–Trinajstić information content (AvgIpc) is 2.67. The number of benzene rings is 1. The molecular weight excluding hydrogens is 332 g/mol. The molecule has 1 aliphatic heterocycles. The summed E-state index contributed by atoms with van der Waals surface area (Å²) in [4.78, 5) is 28.7. The molecule has 1 fully saturated rings. The fourth-order valence-electron chi connectivity index (χ4n) is 3.16. The van der Waals surface area contributed by atoms with Crippen molar-refractivity contribution in [3.05, 3.63) is 48.0 Å². The highest BCUT2D eigenvalue weighted by molar-refractivity contribution is 5.93. The second-order valence-electron chi connectivity index (χ2n) is 6.44. The fraction of sp³-hybridized carbons (Fsp3) is 0.316. The first kappa shape index (κ1) is 17.7. The van der Waals surface area contributed by atoms with Crippen LogP contribution in [0.3, 0.4) is 0 Å². The van der Waals surface area contributed by atoms with Gasteiger partial charge in [0.05, 0.1) is 5.69 Å². The maximum absolute atomic E-state index is 11.2. The monoisotopic (exact) mass is 354 g/mol. The van der Waals surface area contributed by atoms with Crippen molar-refractivity contribution in [1.29, 1.82) is 0 Å². The number of hydrogen-bond acceptors (Lipinski definition) is 4. The quantitative estimate of drug-likeness (QED) is 0.764. The number of carbonyl (C=O) groups excluding carboxylic acids is 1.